The number of halogens is 2. The summed E-state index contributed by atoms with van der Waals surface area (Å²) in [6.45, 7) is 14.4. The molecule has 0 saturated carbocycles. The van der Waals surface area contributed by atoms with Gasteiger partial charge < -0.3 is 45.9 Å². The Morgan fingerprint density at radius 3 is 1.57 bits per heavy atom. The van der Waals surface area contributed by atoms with E-state index in [0.717, 1.165) is 38.4 Å². The summed E-state index contributed by atoms with van der Waals surface area (Å²) in [5.41, 5.74) is 8.44. The zero-order chi connectivity index (χ0) is 47.9. The Labute approximate surface area is 394 Å². The van der Waals surface area contributed by atoms with Crippen LogP contribution in [0.3, 0.4) is 0 Å². The molecule has 0 radical (unpaired) electrons. The minimum absolute atomic E-state index is 0.0280. The molecule has 2 amide bonds. The van der Waals surface area contributed by atoms with Crippen molar-refractivity contribution < 1.29 is 64.2 Å². The van der Waals surface area contributed by atoms with Crippen LogP contribution < -0.4 is 27.0 Å². The summed E-state index contributed by atoms with van der Waals surface area (Å²) in [7, 11) is 9.75. The average molecular weight is 1110 g/mol. The Balaban J connectivity index is 0.000000292. The van der Waals surface area contributed by atoms with E-state index in [1.165, 1.54) is 6.08 Å². The summed E-state index contributed by atoms with van der Waals surface area (Å²) < 4.78 is 20.9. The summed E-state index contributed by atoms with van der Waals surface area (Å²) >= 11 is -0.472. The van der Waals surface area contributed by atoms with Crippen LogP contribution in [-0.2, 0) is 45.0 Å². The van der Waals surface area contributed by atoms with Crippen LogP contribution in [0, 0.1) is 12.8 Å². The van der Waals surface area contributed by atoms with Gasteiger partial charge in [-0.2, -0.15) is 0 Å². The Morgan fingerprint density at radius 1 is 0.677 bits per heavy atom. The van der Waals surface area contributed by atoms with Crippen molar-refractivity contribution in [2.45, 2.75) is 58.8 Å². The molecule has 0 saturated heterocycles. The van der Waals surface area contributed by atoms with Gasteiger partial charge in [-0.3, -0.25) is 9.59 Å². The van der Waals surface area contributed by atoms with Crippen molar-refractivity contribution in [2.75, 3.05) is 50.0 Å². The van der Waals surface area contributed by atoms with E-state index in [9.17, 15) is 28.8 Å². The molecule has 2 unspecified atom stereocenters. The number of esters is 2. The number of anilines is 2. The third-order valence-corrected chi connectivity index (χ3v) is 9.24. The van der Waals surface area contributed by atoms with Gasteiger partial charge in [0.2, 0.25) is 5.92 Å². The van der Waals surface area contributed by atoms with E-state index in [1.54, 1.807) is 53.7 Å². The molecule has 0 heterocycles. The molecule has 0 bridgehead atoms. The predicted octanol–water partition coefficient (Wildman–Crippen LogP) is 8.21. The third-order valence-electron chi connectivity index (χ3n) is 9.24. The standard InChI is InChI=1S/C28H35N3O7.C19H18N2O3.2ClH.Pt/c1-27(2,3)37-25(34)30-16-20(31-26(35)38-28(4,5)6)24(33)36-15-14-29-19-12-10-17-8-7-9-18-11-13-21(32)23(19)22(17)18;1-12(11-20)19(23)24-10-9-21-15-7-5-13-3-2-4-14-6-8-16(22)18(15)17(13)14;;;/h7-13,20,29H,14-16H2,1-6H3,(H,30,34)(H,31,35);2-8,12H,1,9-11,20H2;2*1H;/q;;;;+2/p-1. The number of carbonyl (C=O) groups excluding carboxylic acids is 6. The molecule has 65 heavy (non-hydrogen) atoms. The van der Waals surface area contributed by atoms with Crippen LogP contribution in [0.1, 0.15) is 73.4 Å². The summed E-state index contributed by atoms with van der Waals surface area (Å²) in [6, 6.07) is 18.2. The topological polar surface area (TPSA) is 213 Å². The molecule has 0 spiro atoms. The molecular weight excluding hydrogens is 1060 g/mol. The summed E-state index contributed by atoms with van der Waals surface area (Å²) in [5.74, 6) is -1.88. The van der Waals surface area contributed by atoms with E-state index in [2.05, 4.69) is 28.2 Å². The van der Waals surface area contributed by atoms with Crippen LogP contribution in [0.25, 0.3) is 33.7 Å². The normalized spacial score (nSPS) is 13.3. The van der Waals surface area contributed by atoms with Crippen molar-refractivity contribution in [3.05, 3.63) is 102 Å². The number of alkyl carbamates (subject to hydrolysis) is 2. The molecule has 15 nitrogen and oxygen atoms in total. The molecule has 2 aliphatic carbocycles. The number of hydrogen-bond donors (Lipinski definition) is 5. The van der Waals surface area contributed by atoms with Gasteiger partial charge in [-0.25, -0.2) is 19.2 Å². The first kappa shape index (κ1) is 52.0. The fourth-order valence-corrected chi connectivity index (χ4v) is 6.53. The van der Waals surface area contributed by atoms with Crippen LogP contribution in [-0.4, -0.2) is 92.3 Å². The zero-order valence-corrected chi connectivity index (χ0v) is 40.7. The van der Waals surface area contributed by atoms with E-state index in [0.29, 0.717) is 23.4 Å². The first-order valence-corrected chi connectivity index (χ1v) is 26.1. The maximum atomic E-state index is 12.8. The van der Waals surface area contributed by atoms with E-state index in [-0.39, 0.29) is 44.4 Å². The SMILES string of the molecule is CC(C)(C)OC(=O)NCC(NC(=O)OC(C)(C)C)C(=O)OCCNc1ccc2cccc3c2c1C(=O)C=C3.[CH2+]C(CN)C(=O)OCCNc1ccc2cccc3c2c1C(=O)C=C3.[Cl][Pt][Cl]. The first-order valence-electron chi connectivity index (χ1n) is 20.5. The number of carbonyl (C=O) groups is 6. The number of allylic oxidation sites excluding steroid dienone is 2. The van der Waals surface area contributed by atoms with Gasteiger partial charge >= 0.3 is 59.4 Å². The van der Waals surface area contributed by atoms with E-state index in [4.69, 9.17) is 43.5 Å². The molecule has 6 N–H and O–H groups in total. The average Bonchev–Trinajstić information content (AvgIpc) is 3.24. The molecule has 4 aromatic rings. The van der Waals surface area contributed by atoms with Crippen LogP contribution in [0.2, 0.25) is 0 Å². The van der Waals surface area contributed by atoms with Crippen LogP contribution in [0.4, 0.5) is 21.0 Å². The van der Waals surface area contributed by atoms with Crippen LogP contribution >= 0.6 is 18.8 Å². The van der Waals surface area contributed by atoms with Gasteiger partial charge in [0.05, 0.1) is 24.6 Å². The third kappa shape index (κ3) is 15.5. The monoisotopic (exact) mass is 1110 g/mol. The van der Waals surface area contributed by atoms with Gasteiger partial charge in [0.1, 0.15) is 30.5 Å². The molecular formula is C47H54Cl2N5O10Pt+. The predicted molar refractivity (Wildman–Crippen MR) is 251 cm³/mol. The molecule has 2 atom stereocenters. The van der Waals surface area contributed by atoms with Gasteiger partial charge in [0.15, 0.2) is 11.6 Å². The number of nitrogens with one attached hydrogen (secondary N) is 4. The van der Waals surface area contributed by atoms with Gasteiger partial charge in [-0.1, -0.05) is 60.7 Å². The second-order valence-corrected chi connectivity index (χ2v) is 19.8. The Bertz CT molecular complexity index is 2450. The fourth-order valence-electron chi connectivity index (χ4n) is 6.53. The van der Waals surface area contributed by atoms with Gasteiger partial charge in [0, 0.05) is 41.8 Å². The number of amides is 2. The van der Waals surface area contributed by atoms with Crippen LogP contribution in [0.5, 0.6) is 0 Å². The molecule has 4 aromatic carbocycles. The van der Waals surface area contributed by atoms with Crippen molar-refractivity contribution in [3.8, 4) is 0 Å². The number of benzene rings is 4. The summed E-state index contributed by atoms with van der Waals surface area (Å²) in [5, 5.41) is 15.0. The fraction of sp³-hybridized carbons (Fsp3) is 0.340. The number of ether oxygens (including phenoxy) is 4. The van der Waals surface area contributed by atoms with Crippen molar-refractivity contribution in [1.82, 2.24) is 10.6 Å². The summed E-state index contributed by atoms with van der Waals surface area (Å²) in [6.07, 6.45) is 5.17. The van der Waals surface area contributed by atoms with Gasteiger partial charge in [0.25, 0.3) is 0 Å². The van der Waals surface area contributed by atoms with Crippen molar-refractivity contribution >= 4 is 99.6 Å². The second kappa shape index (κ2) is 24.1. The van der Waals surface area contributed by atoms with Crippen molar-refractivity contribution in [1.29, 1.82) is 0 Å². The number of rotatable bonds is 14. The molecule has 6 rings (SSSR count). The Hall–Kier alpha value is -5.60. The number of ketones is 2. The number of nitrogens with two attached hydrogens (primary N) is 1. The number of hydrogen-bond acceptors (Lipinski definition) is 13. The quantitative estimate of drug-likeness (QED) is 0.0349. The Morgan fingerprint density at radius 2 is 1.12 bits per heavy atom. The van der Waals surface area contributed by atoms with E-state index < -0.39 is 63.8 Å². The van der Waals surface area contributed by atoms with Crippen LogP contribution in [0.15, 0.2) is 72.8 Å². The van der Waals surface area contributed by atoms with E-state index >= 15 is 0 Å². The molecule has 0 aliphatic heterocycles. The van der Waals surface area contributed by atoms with Crippen molar-refractivity contribution in [2.24, 2.45) is 11.7 Å². The van der Waals surface area contributed by atoms with Crippen molar-refractivity contribution in [3.63, 3.8) is 0 Å². The van der Waals surface area contributed by atoms with Gasteiger partial charge in [-0.05, 0) is 87.7 Å². The maximum absolute atomic E-state index is 12.8. The van der Waals surface area contributed by atoms with E-state index in [1.807, 2.05) is 66.7 Å². The molecule has 0 aromatic heterocycles. The molecule has 350 valence electrons. The molecule has 0 fully saturated rings. The zero-order valence-electron chi connectivity index (χ0n) is 36.9. The minimum atomic E-state index is -1.21. The first-order chi connectivity index (χ1) is 30.8. The molecule has 18 heteroatoms. The molecule has 2 aliphatic rings. The summed E-state index contributed by atoms with van der Waals surface area (Å²) in [4.78, 5) is 73.6. The second-order valence-electron chi connectivity index (χ2n) is 16.5. The Kier molecular flexibility index (Phi) is 19.3. The van der Waals surface area contributed by atoms with Gasteiger partial charge in [-0.15, -0.1) is 0 Å².